The van der Waals surface area contributed by atoms with Gasteiger partial charge in [-0.15, -0.1) is 0 Å². The SMILES string of the molecule is O=C(O)C=Cc1cccc(OCc2ccccc2Cl)c1. The summed E-state index contributed by atoms with van der Waals surface area (Å²) in [6.45, 7) is 0.367. The first-order chi connectivity index (χ1) is 9.65. The second-order valence-corrected chi connectivity index (χ2v) is 4.53. The van der Waals surface area contributed by atoms with E-state index >= 15 is 0 Å². The third-order valence-corrected chi connectivity index (χ3v) is 3.00. The van der Waals surface area contributed by atoms with Gasteiger partial charge in [0.1, 0.15) is 12.4 Å². The van der Waals surface area contributed by atoms with Crippen LogP contribution in [-0.2, 0) is 11.4 Å². The molecular formula is C16H13ClO3. The summed E-state index contributed by atoms with van der Waals surface area (Å²) >= 11 is 6.05. The van der Waals surface area contributed by atoms with Crippen molar-refractivity contribution in [2.75, 3.05) is 0 Å². The lowest BCUT2D eigenvalue weighted by molar-refractivity contribution is -0.131. The van der Waals surface area contributed by atoms with Gasteiger partial charge in [-0.25, -0.2) is 4.79 Å². The molecule has 3 nitrogen and oxygen atoms in total. The van der Waals surface area contributed by atoms with Crippen molar-refractivity contribution in [2.24, 2.45) is 0 Å². The molecule has 4 heteroatoms. The fourth-order valence-corrected chi connectivity index (χ4v) is 1.84. The van der Waals surface area contributed by atoms with Gasteiger partial charge in [-0.3, -0.25) is 0 Å². The van der Waals surface area contributed by atoms with E-state index in [0.29, 0.717) is 17.4 Å². The molecule has 0 aromatic heterocycles. The Morgan fingerprint density at radius 1 is 1.20 bits per heavy atom. The fraction of sp³-hybridized carbons (Fsp3) is 0.0625. The predicted octanol–water partition coefficient (Wildman–Crippen LogP) is 4.02. The molecule has 1 N–H and O–H groups in total. The molecule has 0 bridgehead atoms. The minimum atomic E-state index is -0.979. The molecule has 0 saturated heterocycles. The highest BCUT2D eigenvalue weighted by Crippen LogP contribution is 2.19. The molecule has 2 aromatic carbocycles. The maximum Gasteiger partial charge on any atom is 0.328 e. The van der Waals surface area contributed by atoms with Gasteiger partial charge in [-0.1, -0.05) is 41.9 Å². The molecule has 20 heavy (non-hydrogen) atoms. The number of carboxylic acid groups (broad SMARTS) is 1. The maximum atomic E-state index is 10.5. The molecule has 0 unspecified atom stereocenters. The van der Waals surface area contributed by atoms with E-state index in [1.807, 2.05) is 42.5 Å². The Morgan fingerprint density at radius 2 is 2.00 bits per heavy atom. The van der Waals surface area contributed by atoms with Crippen molar-refractivity contribution in [1.29, 1.82) is 0 Å². The first-order valence-corrected chi connectivity index (χ1v) is 6.40. The van der Waals surface area contributed by atoms with E-state index in [2.05, 4.69) is 0 Å². The monoisotopic (exact) mass is 288 g/mol. The second kappa shape index (κ2) is 6.78. The van der Waals surface area contributed by atoms with Gasteiger partial charge < -0.3 is 9.84 Å². The van der Waals surface area contributed by atoms with Gasteiger partial charge in [-0.05, 0) is 29.8 Å². The normalized spacial score (nSPS) is 10.7. The minimum Gasteiger partial charge on any atom is -0.489 e. The second-order valence-electron chi connectivity index (χ2n) is 4.12. The van der Waals surface area contributed by atoms with Crippen molar-refractivity contribution in [3.05, 3.63) is 70.8 Å². The molecule has 0 aliphatic carbocycles. The average molecular weight is 289 g/mol. The number of carboxylic acids is 1. The summed E-state index contributed by atoms with van der Waals surface area (Å²) in [4.78, 5) is 10.5. The van der Waals surface area contributed by atoms with E-state index < -0.39 is 5.97 Å². The largest absolute Gasteiger partial charge is 0.489 e. The summed E-state index contributed by atoms with van der Waals surface area (Å²) in [5, 5.41) is 9.26. The van der Waals surface area contributed by atoms with Crippen LogP contribution in [0.2, 0.25) is 5.02 Å². The summed E-state index contributed by atoms with van der Waals surface area (Å²) in [6, 6.07) is 14.7. The van der Waals surface area contributed by atoms with Crippen LogP contribution in [0.15, 0.2) is 54.6 Å². The highest BCUT2D eigenvalue weighted by atomic mass is 35.5. The van der Waals surface area contributed by atoms with Crippen LogP contribution in [0.4, 0.5) is 0 Å². The van der Waals surface area contributed by atoms with Gasteiger partial charge in [0.2, 0.25) is 0 Å². The molecule has 0 heterocycles. The molecule has 0 saturated carbocycles. The van der Waals surface area contributed by atoms with Crippen LogP contribution >= 0.6 is 11.6 Å². The Labute approximate surface area is 122 Å². The average Bonchev–Trinajstić information content (AvgIpc) is 2.45. The molecule has 0 radical (unpaired) electrons. The first kappa shape index (κ1) is 14.2. The van der Waals surface area contributed by atoms with Gasteiger partial charge in [0.05, 0.1) is 0 Å². The summed E-state index contributed by atoms with van der Waals surface area (Å²) in [5.41, 5.74) is 1.67. The van der Waals surface area contributed by atoms with E-state index in [4.69, 9.17) is 21.4 Å². The Balaban J connectivity index is 2.05. The third-order valence-electron chi connectivity index (χ3n) is 2.63. The number of rotatable bonds is 5. The van der Waals surface area contributed by atoms with Crippen LogP contribution in [0.5, 0.6) is 5.75 Å². The molecule has 0 spiro atoms. The molecule has 0 aliphatic heterocycles. The van der Waals surface area contributed by atoms with Crippen molar-refractivity contribution in [3.8, 4) is 5.75 Å². The van der Waals surface area contributed by atoms with Crippen molar-refractivity contribution in [1.82, 2.24) is 0 Å². The number of carbonyl (C=O) groups is 1. The van der Waals surface area contributed by atoms with Crippen LogP contribution in [0.1, 0.15) is 11.1 Å². The molecule has 0 atom stereocenters. The van der Waals surface area contributed by atoms with E-state index in [1.165, 1.54) is 6.08 Å². The zero-order valence-electron chi connectivity index (χ0n) is 10.6. The number of hydrogen-bond donors (Lipinski definition) is 1. The Kier molecular flexibility index (Phi) is 4.80. The lowest BCUT2D eigenvalue weighted by atomic mass is 10.2. The number of hydrogen-bond acceptors (Lipinski definition) is 2. The first-order valence-electron chi connectivity index (χ1n) is 6.02. The van der Waals surface area contributed by atoms with Crippen LogP contribution in [-0.4, -0.2) is 11.1 Å². The van der Waals surface area contributed by atoms with Gasteiger partial charge in [0, 0.05) is 16.7 Å². The van der Waals surface area contributed by atoms with Crippen LogP contribution in [0.25, 0.3) is 6.08 Å². The van der Waals surface area contributed by atoms with Gasteiger partial charge in [0.25, 0.3) is 0 Å². The minimum absolute atomic E-state index is 0.367. The van der Waals surface area contributed by atoms with Crippen molar-refractivity contribution in [2.45, 2.75) is 6.61 Å². The number of benzene rings is 2. The van der Waals surface area contributed by atoms with Crippen LogP contribution in [0, 0.1) is 0 Å². The lowest BCUT2D eigenvalue weighted by Gasteiger charge is -2.08. The quantitative estimate of drug-likeness (QED) is 0.845. The van der Waals surface area contributed by atoms with Crippen molar-refractivity contribution >= 4 is 23.6 Å². The Morgan fingerprint density at radius 3 is 2.75 bits per heavy atom. The fourth-order valence-electron chi connectivity index (χ4n) is 1.65. The number of aliphatic carboxylic acids is 1. The zero-order valence-corrected chi connectivity index (χ0v) is 11.4. The number of halogens is 1. The van der Waals surface area contributed by atoms with Crippen LogP contribution in [0.3, 0.4) is 0 Å². The summed E-state index contributed by atoms with van der Waals surface area (Å²) in [7, 11) is 0. The van der Waals surface area contributed by atoms with E-state index in [1.54, 1.807) is 6.07 Å². The van der Waals surface area contributed by atoms with E-state index in [0.717, 1.165) is 17.2 Å². The van der Waals surface area contributed by atoms with E-state index in [-0.39, 0.29) is 0 Å². The lowest BCUT2D eigenvalue weighted by Crippen LogP contribution is -1.96. The van der Waals surface area contributed by atoms with Crippen molar-refractivity contribution < 1.29 is 14.6 Å². The standard InChI is InChI=1S/C16H13ClO3/c17-15-7-2-1-5-13(15)11-20-14-6-3-4-12(10-14)8-9-16(18)19/h1-10H,11H2,(H,18,19). The number of ether oxygens (including phenoxy) is 1. The third kappa shape index (κ3) is 4.14. The summed E-state index contributed by atoms with van der Waals surface area (Å²) < 4.78 is 5.65. The molecule has 2 aromatic rings. The molecule has 102 valence electrons. The topological polar surface area (TPSA) is 46.5 Å². The molecule has 0 aliphatic rings. The van der Waals surface area contributed by atoms with Gasteiger partial charge >= 0.3 is 5.97 Å². The Hall–Kier alpha value is -2.26. The molecule has 2 rings (SSSR count). The van der Waals surface area contributed by atoms with Crippen LogP contribution < -0.4 is 4.74 Å². The van der Waals surface area contributed by atoms with E-state index in [9.17, 15) is 4.79 Å². The highest BCUT2D eigenvalue weighted by molar-refractivity contribution is 6.31. The molecular weight excluding hydrogens is 276 g/mol. The highest BCUT2D eigenvalue weighted by Gasteiger charge is 2.01. The van der Waals surface area contributed by atoms with Gasteiger partial charge in [-0.2, -0.15) is 0 Å². The summed E-state index contributed by atoms with van der Waals surface area (Å²) in [6.07, 6.45) is 2.61. The zero-order chi connectivity index (χ0) is 14.4. The predicted molar refractivity (Wildman–Crippen MR) is 78.9 cm³/mol. The molecule has 0 fully saturated rings. The summed E-state index contributed by atoms with van der Waals surface area (Å²) in [5.74, 6) is -0.315. The smallest absolute Gasteiger partial charge is 0.328 e. The van der Waals surface area contributed by atoms with Gasteiger partial charge in [0.15, 0.2) is 0 Å². The van der Waals surface area contributed by atoms with Crippen molar-refractivity contribution in [3.63, 3.8) is 0 Å². The Bertz CT molecular complexity index is 635. The maximum absolute atomic E-state index is 10.5. The molecule has 0 amide bonds.